The van der Waals surface area contributed by atoms with Gasteiger partial charge < -0.3 is 4.74 Å². The molecule has 2 heteroatoms. The standard InChI is InChI=1S/C13H25NO/c1-9(2)14-11-8-15-7-10(11)6-12(14)13(3,4)5/h9-12H,6-8H2,1-5H3. The summed E-state index contributed by atoms with van der Waals surface area (Å²) in [5.41, 5.74) is 0.397. The molecule has 2 aliphatic rings. The molecule has 3 unspecified atom stereocenters. The van der Waals surface area contributed by atoms with Crippen LogP contribution in [0.5, 0.6) is 0 Å². The Kier molecular flexibility index (Phi) is 2.85. The molecule has 2 nitrogen and oxygen atoms in total. The molecular weight excluding hydrogens is 186 g/mol. The van der Waals surface area contributed by atoms with E-state index in [1.807, 2.05) is 0 Å². The zero-order chi connectivity index (χ0) is 11.2. The lowest BCUT2D eigenvalue weighted by molar-refractivity contribution is 0.0520. The maximum absolute atomic E-state index is 5.61. The van der Waals surface area contributed by atoms with Gasteiger partial charge in [-0.25, -0.2) is 0 Å². The Bertz CT molecular complexity index is 231. The molecule has 0 amide bonds. The van der Waals surface area contributed by atoms with Crippen LogP contribution in [-0.4, -0.2) is 36.2 Å². The highest BCUT2D eigenvalue weighted by molar-refractivity contribution is 5.01. The Hall–Kier alpha value is -0.0800. The largest absolute Gasteiger partial charge is 0.379 e. The fourth-order valence-corrected chi connectivity index (χ4v) is 3.33. The van der Waals surface area contributed by atoms with Gasteiger partial charge in [-0.2, -0.15) is 0 Å². The van der Waals surface area contributed by atoms with E-state index < -0.39 is 0 Å². The van der Waals surface area contributed by atoms with Crippen molar-refractivity contribution in [1.82, 2.24) is 4.90 Å². The predicted molar refractivity (Wildman–Crippen MR) is 62.9 cm³/mol. The first-order chi connectivity index (χ1) is 6.91. The van der Waals surface area contributed by atoms with E-state index in [9.17, 15) is 0 Å². The molecule has 0 aromatic carbocycles. The summed E-state index contributed by atoms with van der Waals surface area (Å²) in [7, 11) is 0. The van der Waals surface area contributed by atoms with Crippen LogP contribution < -0.4 is 0 Å². The number of hydrogen-bond acceptors (Lipinski definition) is 2. The van der Waals surface area contributed by atoms with E-state index in [0.29, 0.717) is 17.5 Å². The van der Waals surface area contributed by atoms with Crippen LogP contribution in [0, 0.1) is 11.3 Å². The summed E-state index contributed by atoms with van der Waals surface area (Å²) in [6.07, 6.45) is 1.33. The van der Waals surface area contributed by atoms with Crippen molar-refractivity contribution in [2.75, 3.05) is 13.2 Å². The third-order valence-corrected chi connectivity index (χ3v) is 4.03. The van der Waals surface area contributed by atoms with Crippen LogP contribution in [0.1, 0.15) is 41.0 Å². The summed E-state index contributed by atoms with van der Waals surface area (Å²) in [6.45, 7) is 13.7. The quantitative estimate of drug-likeness (QED) is 0.661. The first-order valence-electron chi connectivity index (χ1n) is 6.26. The zero-order valence-electron chi connectivity index (χ0n) is 10.8. The summed E-state index contributed by atoms with van der Waals surface area (Å²) in [5, 5.41) is 0. The fourth-order valence-electron chi connectivity index (χ4n) is 3.33. The first kappa shape index (κ1) is 11.4. The van der Waals surface area contributed by atoms with E-state index in [0.717, 1.165) is 25.2 Å². The molecule has 15 heavy (non-hydrogen) atoms. The maximum atomic E-state index is 5.61. The Labute approximate surface area is 94.0 Å². The Morgan fingerprint density at radius 3 is 2.40 bits per heavy atom. The minimum absolute atomic E-state index is 0.397. The maximum Gasteiger partial charge on any atom is 0.0625 e. The number of hydrogen-bond donors (Lipinski definition) is 0. The lowest BCUT2D eigenvalue weighted by Crippen LogP contribution is -2.48. The number of likely N-dealkylation sites (tertiary alicyclic amines) is 1. The predicted octanol–water partition coefficient (Wildman–Crippen LogP) is 2.53. The second kappa shape index (κ2) is 3.74. The SMILES string of the molecule is CC(C)N1C2COCC2CC1C(C)(C)C. The molecule has 0 spiro atoms. The van der Waals surface area contributed by atoms with Gasteiger partial charge in [0, 0.05) is 24.0 Å². The van der Waals surface area contributed by atoms with Gasteiger partial charge in [0.1, 0.15) is 0 Å². The molecule has 0 aromatic heterocycles. The second-order valence-electron chi connectivity index (χ2n) is 6.52. The Morgan fingerprint density at radius 2 is 1.87 bits per heavy atom. The molecule has 0 aliphatic carbocycles. The van der Waals surface area contributed by atoms with Crippen molar-refractivity contribution in [3.8, 4) is 0 Å². The zero-order valence-corrected chi connectivity index (χ0v) is 10.8. The summed E-state index contributed by atoms with van der Waals surface area (Å²) in [6, 6.07) is 2.07. The average Bonchev–Trinajstić information content (AvgIpc) is 2.56. The molecule has 2 heterocycles. The smallest absolute Gasteiger partial charge is 0.0625 e. The molecule has 0 bridgehead atoms. The van der Waals surface area contributed by atoms with Gasteiger partial charge in [-0.1, -0.05) is 20.8 Å². The first-order valence-corrected chi connectivity index (χ1v) is 6.26. The Balaban J connectivity index is 2.19. The van der Waals surface area contributed by atoms with Gasteiger partial charge in [0.15, 0.2) is 0 Å². The number of nitrogens with zero attached hydrogens (tertiary/aromatic N) is 1. The number of ether oxygens (including phenoxy) is 1. The normalized spacial score (nSPS) is 37.6. The average molecular weight is 211 g/mol. The van der Waals surface area contributed by atoms with Crippen LogP contribution >= 0.6 is 0 Å². The van der Waals surface area contributed by atoms with Crippen LogP contribution in [0.15, 0.2) is 0 Å². The molecule has 0 N–H and O–H groups in total. The highest BCUT2D eigenvalue weighted by Gasteiger charge is 2.48. The van der Waals surface area contributed by atoms with Crippen molar-refractivity contribution in [3.63, 3.8) is 0 Å². The minimum Gasteiger partial charge on any atom is -0.379 e. The molecule has 0 aromatic rings. The molecule has 0 saturated carbocycles. The van der Waals surface area contributed by atoms with Gasteiger partial charge in [0.25, 0.3) is 0 Å². The van der Waals surface area contributed by atoms with E-state index in [2.05, 4.69) is 39.5 Å². The highest BCUT2D eigenvalue weighted by Crippen LogP contribution is 2.42. The molecule has 2 aliphatic heterocycles. The van der Waals surface area contributed by atoms with E-state index in [1.165, 1.54) is 6.42 Å². The number of fused-ring (bicyclic) bond motifs is 1. The van der Waals surface area contributed by atoms with Crippen molar-refractivity contribution in [1.29, 1.82) is 0 Å². The van der Waals surface area contributed by atoms with Gasteiger partial charge in [0.2, 0.25) is 0 Å². The molecule has 3 atom stereocenters. The summed E-state index contributed by atoms with van der Waals surface area (Å²) in [4.78, 5) is 2.71. The summed E-state index contributed by atoms with van der Waals surface area (Å²) >= 11 is 0. The monoisotopic (exact) mass is 211 g/mol. The number of rotatable bonds is 1. The molecule has 2 saturated heterocycles. The fraction of sp³-hybridized carbons (Fsp3) is 1.00. The van der Waals surface area contributed by atoms with Crippen molar-refractivity contribution < 1.29 is 4.74 Å². The molecule has 0 radical (unpaired) electrons. The lowest BCUT2D eigenvalue weighted by atomic mass is 9.83. The van der Waals surface area contributed by atoms with Gasteiger partial charge in [0.05, 0.1) is 13.2 Å². The van der Waals surface area contributed by atoms with E-state index in [-0.39, 0.29) is 0 Å². The second-order valence-corrected chi connectivity index (χ2v) is 6.52. The summed E-state index contributed by atoms with van der Waals surface area (Å²) < 4.78 is 5.61. The van der Waals surface area contributed by atoms with E-state index >= 15 is 0 Å². The van der Waals surface area contributed by atoms with Crippen LogP contribution in [-0.2, 0) is 4.74 Å². The van der Waals surface area contributed by atoms with Crippen molar-refractivity contribution in [2.45, 2.75) is 59.2 Å². The van der Waals surface area contributed by atoms with Crippen LogP contribution in [0.4, 0.5) is 0 Å². The Morgan fingerprint density at radius 1 is 1.20 bits per heavy atom. The topological polar surface area (TPSA) is 12.5 Å². The molecular formula is C13H25NO. The van der Waals surface area contributed by atoms with Gasteiger partial charge in [-0.15, -0.1) is 0 Å². The van der Waals surface area contributed by atoms with Crippen LogP contribution in [0.2, 0.25) is 0 Å². The van der Waals surface area contributed by atoms with Gasteiger partial charge >= 0.3 is 0 Å². The lowest BCUT2D eigenvalue weighted by Gasteiger charge is -2.40. The molecule has 88 valence electrons. The van der Waals surface area contributed by atoms with Crippen molar-refractivity contribution >= 4 is 0 Å². The molecule has 2 rings (SSSR count). The summed E-state index contributed by atoms with van der Waals surface area (Å²) in [5.74, 6) is 0.789. The van der Waals surface area contributed by atoms with Crippen LogP contribution in [0.25, 0.3) is 0 Å². The van der Waals surface area contributed by atoms with E-state index in [1.54, 1.807) is 0 Å². The van der Waals surface area contributed by atoms with Crippen molar-refractivity contribution in [2.24, 2.45) is 11.3 Å². The van der Waals surface area contributed by atoms with Crippen molar-refractivity contribution in [3.05, 3.63) is 0 Å². The van der Waals surface area contributed by atoms with Gasteiger partial charge in [-0.05, 0) is 25.7 Å². The highest BCUT2D eigenvalue weighted by atomic mass is 16.5. The van der Waals surface area contributed by atoms with Gasteiger partial charge in [-0.3, -0.25) is 4.90 Å². The third kappa shape index (κ3) is 1.94. The van der Waals surface area contributed by atoms with Crippen LogP contribution in [0.3, 0.4) is 0 Å². The van der Waals surface area contributed by atoms with E-state index in [4.69, 9.17) is 4.74 Å². The minimum atomic E-state index is 0.397. The molecule has 2 fully saturated rings. The third-order valence-electron chi connectivity index (χ3n) is 4.03.